The van der Waals surface area contributed by atoms with Crippen molar-refractivity contribution in [1.82, 2.24) is 4.90 Å². The Bertz CT molecular complexity index is 866. The number of benzene rings is 1. The van der Waals surface area contributed by atoms with Gasteiger partial charge in [-0.05, 0) is 30.7 Å². The van der Waals surface area contributed by atoms with Gasteiger partial charge < -0.3 is 14.4 Å². The van der Waals surface area contributed by atoms with Gasteiger partial charge in [0.1, 0.15) is 10.1 Å². The fourth-order valence-electron chi connectivity index (χ4n) is 2.82. The molecule has 0 aliphatic carbocycles. The molecule has 3 rings (SSSR count). The van der Waals surface area contributed by atoms with Crippen LogP contribution >= 0.6 is 24.0 Å². The lowest BCUT2D eigenvalue weighted by molar-refractivity contribution is -0.123. The number of hydrogen-bond donors (Lipinski definition) is 1. The molecule has 0 saturated carbocycles. The van der Waals surface area contributed by atoms with Crippen LogP contribution < -0.4 is 4.90 Å². The van der Waals surface area contributed by atoms with Crippen LogP contribution in [0.2, 0.25) is 0 Å². The fraction of sp³-hybridized carbons (Fsp3) is 0.250. The first kappa shape index (κ1) is 20.3. The van der Waals surface area contributed by atoms with Gasteiger partial charge in [0.25, 0.3) is 5.91 Å². The van der Waals surface area contributed by atoms with E-state index in [1.165, 1.54) is 16.7 Å². The van der Waals surface area contributed by atoms with Crippen LogP contribution in [0, 0.1) is 0 Å². The van der Waals surface area contributed by atoms with E-state index in [2.05, 4.69) is 0 Å². The molecule has 1 aliphatic rings. The first-order valence-corrected chi connectivity index (χ1v) is 10.1. The molecule has 0 spiro atoms. The molecule has 2 heterocycles. The second-order valence-electron chi connectivity index (χ2n) is 6.06. The van der Waals surface area contributed by atoms with Gasteiger partial charge in [0, 0.05) is 31.3 Å². The molecule has 8 heteroatoms. The summed E-state index contributed by atoms with van der Waals surface area (Å²) in [5, 5.41) is 9.27. The summed E-state index contributed by atoms with van der Waals surface area (Å²) in [4.78, 5) is 28.7. The van der Waals surface area contributed by atoms with Crippen molar-refractivity contribution in [3.8, 4) is 0 Å². The molecule has 1 saturated heterocycles. The van der Waals surface area contributed by atoms with E-state index in [0.717, 1.165) is 5.69 Å². The Balaban J connectivity index is 1.57. The number of carbonyl (C=O) groups excluding carboxylic acids is 2. The van der Waals surface area contributed by atoms with Gasteiger partial charge in [-0.2, -0.15) is 0 Å². The van der Waals surface area contributed by atoms with Crippen LogP contribution in [0.1, 0.15) is 18.6 Å². The van der Waals surface area contributed by atoms with E-state index in [4.69, 9.17) is 16.6 Å². The minimum absolute atomic E-state index is 0.100. The van der Waals surface area contributed by atoms with Gasteiger partial charge in [0.05, 0.1) is 17.8 Å². The van der Waals surface area contributed by atoms with Gasteiger partial charge in [-0.1, -0.05) is 42.2 Å². The molecule has 0 unspecified atom stereocenters. The van der Waals surface area contributed by atoms with Gasteiger partial charge in [-0.15, -0.1) is 0 Å². The summed E-state index contributed by atoms with van der Waals surface area (Å²) in [5.74, 6) is 0.323. The number of aliphatic hydroxyl groups is 1. The second-order valence-corrected chi connectivity index (χ2v) is 7.73. The van der Waals surface area contributed by atoms with E-state index in [9.17, 15) is 14.7 Å². The molecule has 0 bridgehead atoms. The minimum atomic E-state index is -0.172. The number of para-hydroxylation sites is 1. The number of anilines is 1. The number of amides is 2. The molecule has 6 nitrogen and oxygen atoms in total. The average molecular weight is 417 g/mol. The molecule has 1 aliphatic heterocycles. The van der Waals surface area contributed by atoms with Crippen LogP contribution in [-0.4, -0.2) is 45.8 Å². The van der Waals surface area contributed by atoms with Crippen molar-refractivity contribution in [2.45, 2.75) is 12.8 Å². The zero-order valence-electron chi connectivity index (χ0n) is 15.1. The number of aliphatic hydroxyl groups excluding tert-OH is 1. The number of carbonyl (C=O) groups is 2. The number of thioether (sulfide) groups is 1. The lowest BCUT2D eigenvalue weighted by Gasteiger charge is -2.22. The summed E-state index contributed by atoms with van der Waals surface area (Å²) in [6, 6.07) is 12.7. The van der Waals surface area contributed by atoms with Gasteiger partial charge >= 0.3 is 0 Å². The standard InChI is InChI=1S/C20H20N2O4S2/c23-12-11-21(15-6-2-1-3-7-15)18(24)9-4-10-22-19(25)17(28-20(22)27)14-16-8-5-13-26-16/h1-3,5-8,13-14,23H,4,9-12H2. The Morgan fingerprint density at radius 3 is 2.71 bits per heavy atom. The molecule has 146 valence electrons. The Kier molecular flexibility index (Phi) is 7.02. The second kappa shape index (κ2) is 9.68. The number of thiocarbonyl (C=S) groups is 1. The first-order valence-electron chi connectivity index (χ1n) is 8.85. The van der Waals surface area contributed by atoms with Crippen LogP contribution in [-0.2, 0) is 9.59 Å². The van der Waals surface area contributed by atoms with Crippen molar-refractivity contribution < 1.29 is 19.1 Å². The molecule has 28 heavy (non-hydrogen) atoms. The van der Waals surface area contributed by atoms with Crippen molar-refractivity contribution in [2.24, 2.45) is 0 Å². The Morgan fingerprint density at radius 1 is 1.25 bits per heavy atom. The maximum atomic E-state index is 12.6. The van der Waals surface area contributed by atoms with Crippen LogP contribution in [0.3, 0.4) is 0 Å². The molecule has 1 N–H and O–H groups in total. The van der Waals surface area contributed by atoms with Crippen molar-refractivity contribution in [2.75, 3.05) is 24.6 Å². The third-order valence-electron chi connectivity index (χ3n) is 4.16. The summed E-state index contributed by atoms with van der Waals surface area (Å²) >= 11 is 6.54. The van der Waals surface area contributed by atoms with E-state index in [0.29, 0.717) is 28.0 Å². The molecule has 0 atom stereocenters. The zero-order chi connectivity index (χ0) is 19.9. The number of rotatable bonds is 8. The van der Waals surface area contributed by atoms with Crippen LogP contribution in [0.5, 0.6) is 0 Å². The molecule has 1 aromatic heterocycles. The molecular weight excluding hydrogens is 396 g/mol. The van der Waals surface area contributed by atoms with E-state index in [-0.39, 0.29) is 31.4 Å². The topological polar surface area (TPSA) is 74.0 Å². The van der Waals surface area contributed by atoms with Crippen LogP contribution in [0.25, 0.3) is 6.08 Å². The van der Waals surface area contributed by atoms with Crippen LogP contribution in [0.15, 0.2) is 58.1 Å². The highest BCUT2D eigenvalue weighted by Gasteiger charge is 2.32. The number of furan rings is 1. The smallest absolute Gasteiger partial charge is 0.266 e. The van der Waals surface area contributed by atoms with E-state index >= 15 is 0 Å². The summed E-state index contributed by atoms with van der Waals surface area (Å²) < 4.78 is 5.72. The average Bonchev–Trinajstić information content (AvgIpc) is 3.30. The Labute approximate surface area is 172 Å². The van der Waals surface area contributed by atoms with E-state index < -0.39 is 0 Å². The normalized spacial score (nSPS) is 15.5. The third kappa shape index (κ3) is 4.89. The third-order valence-corrected chi connectivity index (χ3v) is 5.53. The molecule has 0 radical (unpaired) electrons. The van der Waals surface area contributed by atoms with Gasteiger partial charge in [0.15, 0.2) is 0 Å². The van der Waals surface area contributed by atoms with Gasteiger partial charge in [-0.3, -0.25) is 14.5 Å². The first-order chi connectivity index (χ1) is 13.6. The maximum Gasteiger partial charge on any atom is 0.266 e. The maximum absolute atomic E-state index is 12.6. The van der Waals surface area contributed by atoms with Crippen molar-refractivity contribution in [3.05, 3.63) is 59.4 Å². The van der Waals surface area contributed by atoms with E-state index in [1.807, 2.05) is 30.3 Å². The largest absolute Gasteiger partial charge is 0.465 e. The van der Waals surface area contributed by atoms with Crippen molar-refractivity contribution >= 4 is 51.9 Å². The van der Waals surface area contributed by atoms with Gasteiger partial charge in [0.2, 0.25) is 5.91 Å². The Morgan fingerprint density at radius 2 is 2.04 bits per heavy atom. The molecule has 2 aromatic rings. The lowest BCUT2D eigenvalue weighted by atomic mass is 10.2. The fourth-order valence-corrected chi connectivity index (χ4v) is 4.11. The van der Waals surface area contributed by atoms with Crippen molar-refractivity contribution in [3.63, 3.8) is 0 Å². The minimum Gasteiger partial charge on any atom is -0.465 e. The summed E-state index contributed by atoms with van der Waals surface area (Å²) in [6.07, 6.45) is 3.95. The molecule has 1 fully saturated rings. The van der Waals surface area contributed by atoms with Crippen LogP contribution in [0.4, 0.5) is 5.69 Å². The lowest BCUT2D eigenvalue weighted by Crippen LogP contribution is -2.35. The van der Waals surface area contributed by atoms with E-state index in [1.54, 1.807) is 29.4 Å². The highest BCUT2D eigenvalue weighted by Crippen LogP contribution is 2.32. The van der Waals surface area contributed by atoms with Gasteiger partial charge in [-0.25, -0.2) is 0 Å². The molecule has 1 aromatic carbocycles. The predicted molar refractivity (Wildman–Crippen MR) is 114 cm³/mol. The summed E-state index contributed by atoms with van der Waals surface area (Å²) in [6.45, 7) is 0.482. The quantitative estimate of drug-likeness (QED) is 0.526. The number of hydrogen-bond acceptors (Lipinski definition) is 6. The summed E-state index contributed by atoms with van der Waals surface area (Å²) in [7, 11) is 0. The van der Waals surface area contributed by atoms with Crippen molar-refractivity contribution in [1.29, 1.82) is 0 Å². The molecule has 2 amide bonds. The highest BCUT2D eigenvalue weighted by molar-refractivity contribution is 8.26. The highest BCUT2D eigenvalue weighted by atomic mass is 32.2. The predicted octanol–water partition coefficient (Wildman–Crippen LogP) is 3.29. The number of nitrogens with zero attached hydrogens (tertiary/aromatic N) is 2. The Hall–Kier alpha value is -2.42. The summed E-state index contributed by atoms with van der Waals surface area (Å²) in [5.41, 5.74) is 0.744. The SMILES string of the molecule is O=C1C(=Cc2ccco2)SC(=S)N1CCCC(=O)N(CCO)c1ccccc1. The molecular formula is C20H20N2O4S2. The monoisotopic (exact) mass is 416 g/mol. The zero-order valence-corrected chi connectivity index (χ0v) is 16.7.